The van der Waals surface area contributed by atoms with Crippen LogP contribution in [0.15, 0.2) is 18.3 Å². The number of hydrogen-bond acceptors (Lipinski definition) is 3. The molecule has 0 N–H and O–H groups in total. The summed E-state index contributed by atoms with van der Waals surface area (Å²) in [5.41, 5.74) is 2.00. The Morgan fingerprint density at radius 3 is 2.65 bits per heavy atom. The topological polar surface area (TPSA) is 44.9 Å². The maximum atomic E-state index is 5.58. The molecule has 17 heavy (non-hydrogen) atoms. The Kier molecular flexibility index (Phi) is 3.17. The molecule has 2 aromatic rings. The van der Waals surface area contributed by atoms with Crippen molar-refractivity contribution in [2.75, 3.05) is 0 Å². The van der Waals surface area contributed by atoms with Crippen LogP contribution in [0.4, 0.5) is 0 Å². The molecular weight excluding hydrogens is 216 g/mol. The highest BCUT2D eigenvalue weighted by Gasteiger charge is 2.05. The Hall–Kier alpha value is -1.78. The Morgan fingerprint density at radius 2 is 2.12 bits per heavy atom. The Labute approximate surface area is 101 Å². The van der Waals surface area contributed by atoms with E-state index in [1.54, 1.807) is 4.68 Å². The second kappa shape index (κ2) is 4.61. The smallest absolute Gasteiger partial charge is 0.233 e. The SMILES string of the molecule is Cc1cc(OCc2ccn(C(C)C)n2)nn1C. The van der Waals surface area contributed by atoms with Gasteiger partial charge in [-0.25, -0.2) is 0 Å². The van der Waals surface area contributed by atoms with E-state index in [9.17, 15) is 0 Å². The van der Waals surface area contributed by atoms with Gasteiger partial charge in [0.2, 0.25) is 5.88 Å². The molecule has 2 heterocycles. The molecule has 0 amide bonds. The maximum Gasteiger partial charge on any atom is 0.233 e. The molecule has 0 aliphatic rings. The van der Waals surface area contributed by atoms with Crippen LogP contribution in [-0.4, -0.2) is 19.6 Å². The van der Waals surface area contributed by atoms with Gasteiger partial charge in [-0.15, -0.1) is 5.10 Å². The van der Waals surface area contributed by atoms with Crippen molar-refractivity contribution in [3.8, 4) is 5.88 Å². The first-order chi connectivity index (χ1) is 8.06. The van der Waals surface area contributed by atoms with Crippen LogP contribution in [0.25, 0.3) is 0 Å². The fourth-order valence-electron chi connectivity index (χ4n) is 1.49. The molecule has 0 radical (unpaired) electrons. The summed E-state index contributed by atoms with van der Waals surface area (Å²) in [6.07, 6.45) is 1.97. The molecule has 0 aliphatic heterocycles. The van der Waals surface area contributed by atoms with E-state index >= 15 is 0 Å². The van der Waals surface area contributed by atoms with Crippen molar-refractivity contribution >= 4 is 0 Å². The standard InChI is InChI=1S/C12H18N4O/c1-9(2)16-6-5-11(13-16)8-17-12-7-10(3)15(4)14-12/h5-7,9H,8H2,1-4H3. The second-order valence-electron chi connectivity index (χ2n) is 4.42. The van der Waals surface area contributed by atoms with E-state index in [1.165, 1.54) is 0 Å². The van der Waals surface area contributed by atoms with Crippen molar-refractivity contribution in [2.45, 2.75) is 33.4 Å². The molecule has 0 atom stereocenters. The van der Waals surface area contributed by atoms with Gasteiger partial charge in [-0.2, -0.15) is 5.10 Å². The van der Waals surface area contributed by atoms with Crippen LogP contribution in [-0.2, 0) is 13.7 Å². The molecule has 0 aromatic carbocycles. The first-order valence-corrected chi connectivity index (χ1v) is 5.73. The molecule has 0 unspecified atom stereocenters. The first-order valence-electron chi connectivity index (χ1n) is 5.73. The van der Waals surface area contributed by atoms with Gasteiger partial charge in [0.05, 0.1) is 5.69 Å². The van der Waals surface area contributed by atoms with Crippen LogP contribution in [0.3, 0.4) is 0 Å². The van der Waals surface area contributed by atoms with Crippen molar-refractivity contribution in [3.63, 3.8) is 0 Å². The van der Waals surface area contributed by atoms with Crippen molar-refractivity contribution in [1.29, 1.82) is 0 Å². The average Bonchev–Trinajstić information content (AvgIpc) is 2.84. The summed E-state index contributed by atoms with van der Waals surface area (Å²) in [4.78, 5) is 0. The highest BCUT2D eigenvalue weighted by atomic mass is 16.5. The fourth-order valence-corrected chi connectivity index (χ4v) is 1.49. The predicted molar refractivity (Wildman–Crippen MR) is 64.9 cm³/mol. The summed E-state index contributed by atoms with van der Waals surface area (Å²) >= 11 is 0. The largest absolute Gasteiger partial charge is 0.470 e. The van der Waals surface area contributed by atoms with E-state index in [4.69, 9.17) is 4.74 Å². The summed E-state index contributed by atoms with van der Waals surface area (Å²) in [6, 6.07) is 4.26. The van der Waals surface area contributed by atoms with Crippen LogP contribution < -0.4 is 4.74 Å². The van der Waals surface area contributed by atoms with Crippen LogP contribution in [0.2, 0.25) is 0 Å². The van der Waals surface area contributed by atoms with E-state index in [1.807, 2.05) is 37.0 Å². The quantitative estimate of drug-likeness (QED) is 0.813. The molecule has 0 aliphatic carbocycles. The highest BCUT2D eigenvalue weighted by Crippen LogP contribution is 2.12. The van der Waals surface area contributed by atoms with Crippen LogP contribution >= 0.6 is 0 Å². The molecule has 0 fully saturated rings. The molecule has 2 rings (SSSR count). The molecule has 5 heteroatoms. The van der Waals surface area contributed by atoms with Crippen LogP contribution in [0, 0.1) is 6.92 Å². The lowest BCUT2D eigenvalue weighted by Crippen LogP contribution is -2.03. The summed E-state index contributed by atoms with van der Waals surface area (Å²) in [7, 11) is 1.90. The summed E-state index contributed by atoms with van der Waals surface area (Å²) in [5.74, 6) is 0.643. The van der Waals surface area contributed by atoms with Gasteiger partial charge in [-0.05, 0) is 26.8 Å². The van der Waals surface area contributed by atoms with Gasteiger partial charge in [0.1, 0.15) is 6.61 Å². The number of aryl methyl sites for hydroxylation is 2. The molecule has 0 bridgehead atoms. The van der Waals surface area contributed by atoms with E-state index in [0.29, 0.717) is 18.5 Å². The number of ether oxygens (including phenoxy) is 1. The monoisotopic (exact) mass is 234 g/mol. The van der Waals surface area contributed by atoms with Crippen molar-refractivity contribution in [3.05, 3.63) is 29.7 Å². The normalized spacial score (nSPS) is 11.1. The van der Waals surface area contributed by atoms with Gasteiger partial charge in [0.15, 0.2) is 0 Å². The molecule has 0 saturated heterocycles. The number of aromatic nitrogens is 4. The summed E-state index contributed by atoms with van der Waals surface area (Å²) < 4.78 is 9.29. The fraction of sp³-hybridized carbons (Fsp3) is 0.500. The van der Waals surface area contributed by atoms with Crippen LogP contribution in [0.5, 0.6) is 5.88 Å². The van der Waals surface area contributed by atoms with Gasteiger partial charge in [-0.3, -0.25) is 9.36 Å². The average molecular weight is 234 g/mol. The van der Waals surface area contributed by atoms with Crippen molar-refractivity contribution < 1.29 is 4.74 Å². The van der Waals surface area contributed by atoms with Crippen molar-refractivity contribution in [2.24, 2.45) is 7.05 Å². The van der Waals surface area contributed by atoms with Gasteiger partial charge >= 0.3 is 0 Å². The third-order valence-corrected chi connectivity index (χ3v) is 2.65. The minimum absolute atomic E-state index is 0.376. The van der Waals surface area contributed by atoms with Crippen LogP contribution in [0.1, 0.15) is 31.3 Å². The first kappa shape index (κ1) is 11.7. The lowest BCUT2D eigenvalue weighted by atomic mass is 10.4. The molecule has 0 spiro atoms. The molecule has 2 aromatic heterocycles. The third kappa shape index (κ3) is 2.67. The Bertz CT molecular complexity index is 479. The molecule has 92 valence electrons. The maximum absolute atomic E-state index is 5.58. The van der Waals surface area contributed by atoms with E-state index in [2.05, 4.69) is 24.0 Å². The number of nitrogens with zero attached hydrogens (tertiary/aromatic N) is 4. The molecule has 5 nitrogen and oxygen atoms in total. The zero-order chi connectivity index (χ0) is 12.4. The third-order valence-electron chi connectivity index (χ3n) is 2.65. The summed E-state index contributed by atoms with van der Waals surface area (Å²) in [6.45, 7) is 6.64. The van der Waals surface area contributed by atoms with Gasteiger partial charge in [0.25, 0.3) is 0 Å². The van der Waals surface area contributed by atoms with E-state index < -0.39 is 0 Å². The molecular formula is C12H18N4O. The predicted octanol–water partition coefficient (Wildman–Crippen LogP) is 2.08. The minimum Gasteiger partial charge on any atom is -0.470 e. The molecule has 0 saturated carbocycles. The lowest BCUT2D eigenvalue weighted by molar-refractivity contribution is 0.284. The summed E-state index contributed by atoms with van der Waals surface area (Å²) in [5, 5.41) is 8.64. The van der Waals surface area contributed by atoms with E-state index in [0.717, 1.165) is 11.4 Å². The zero-order valence-electron chi connectivity index (χ0n) is 10.7. The number of rotatable bonds is 4. The van der Waals surface area contributed by atoms with Gasteiger partial charge in [0, 0.05) is 31.0 Å². The highest BCUT2D eigenvalue weighted by molar-refractivity contribution is 5.14. The Balaban J connectivity index is 1.97. The Morgan fingerprint density at radius 1 is 1.35 bits per heavy atom. The second-order valence-corrected chi connectivity index (χ2v) is 4.42. The number of hydrogen-bond donors (Lipinski definition) is 0. The lowest BCUT2D eigenvalue weighted by Gasteiger charge is -2.04. The van der Waals surface area contributed by atoms with Crippen molar-refractivity contribution in [1.82, 2.24) is 19.6 Å². The van der Waals surface area contributed by atoms with Gasteiger partial charge < -0.3 is 4.74 Å². The van der Waals surface area contributed by atoms with Gasteiger partial charge in [-0.1, -0.05) is 0 Å². The zero-order valence-corrected chi connectivity index (χ0v) is 10.7. The minimum atomic E-state index is 0.376. The van der Waals surface area contributed by atoms with E-state index in [-0.39, 0.29) is 0 Å².